The first kappa shape index (κ1) is 13.8. The summed E-state index contributed by atoms with van der Waals surface area (Å²) in [7, 11) is 0.859. The zero-order valence-electron chi connectivity index (χ0n) is 8.84. The number of hydrogen-bond acceptors (Lipinski definition) is 4. The molecule has 0 heterocycles. The van der Waals surface area contributed by atoms with Crippen LogP contribution in [0.4, 0.5) is 17.6 Å². The summed E-state index contributed by atoms with van der Waals surface area (Å²) >= 11 is 0. The summed E-state index contributed by atoms with van der Waals surface area (Å²) in [4.78, 5) is 11.2. The molecule has 0 saturated carbocycles. The molecule has 1 rings (SSSR count). The summed E-state index contributed by atoms with van der Waals surface area (Å²) in [5, 5.41) is 8.52. The lowest BCUT2D eigenvalue weighted by atomic mass is 10.1. The predicted molar refractivity (Wildman–Crippen MR) is 49.1 cm³/mol. The smallest absolute Gasteiger partial charge is 0.465 e. The Morgan fingerprint density at radius 2 is 2.00 bits per heavy atom. The van der Waals surface area contributed by atoms with Gasteiger partial charge in [-0.2, -0.15) is 5.26 Å². The van der Waals surface area contributed by atoms with Crippen molar-refractivity contribution in [2.45, 2.75) is 6.36 Å². The Morgan fingerprint density at radius 1 is 1.39 bits per heavy atom. The fraction of sp³-hybridized carbons (Fsp3) is 0.200. The lowest BCUT2D eigenvalue weighted by molar-refractivity contribution is -0.274. The van der Waals surface area contributed by atoms with Crippen molar-refractivity contribution in [1.29, 1.82) is 5.26 Å². The van der Waals surface area contributed by atoms with Gasteiger partial charge in [-0.3, -0.25) is 0 Å². The number of ether oxygens (including phenoxy) is 2. The summed E-state index contributed by atoms with van der Waals surface area (Å²) in [5.74, 6) is -3.86. The number of methoxy groups -OCH3 is 1. The molecule has 0 radical (unpaired) electrons. The number of benzene rings is 1. The molecule has 0 aliphatic carbocycles. The number of hydrogen-bond donors (Lipinski definition) is 0. The van der Waals surface area contributed by atoms with Crippen molar-refractivity contribution in [2.75, 3.05) is 7.11 Å². The number of nitriles is 1. The molecule has 1 aromatic carbocycles. The quantitative estimate of drug-likeness (QED) is 0.607. The van der Waals surface area contributed by atoms with Gasteiger partial charge in [0.05, 0.1) is 12.7 Å². The van der Waals surface area contributed by atoms with Gasteiger partial charge in [-0.1, -0.05) is 0 Å². The molecule has 0 saturated heterocycles. The average molecular weight is 263 g/mol. The normalized spacial score (nSPS) is 10.7. The first-order valence-electron chi connectivity index (χ1n) is 4.36. The van der Waals surface area contributed by atoms with Crippen LogP contribution in [0.1, 0.15) is 15.9 Å². The third kappa shape index (κ3) is 2.88. The molecule has 0 unspecified atom stereocenters. The van der Waals surface area contributed by atoms with E-state index < -0.39 is 35.0 Å². The van der Waals surface area contributed by atoms with Crippen LogP contribution in [0.3, 0.4) is 0 Å². The zero-order chi connectivity index (χ0) is 13.9. The molecular formula is C10H5F4NO3. The first-order chi connectivity index (χ1) is 8.30. The van der Waals surface area contributed by atoms with Crippen LogP contribution in [0.15, 0.2) is 12.1 Å². The molecular weight excluding hydrogens is 258 g/mol. The third-order valence-electron chi connectivity index (χ3n) is 1.84. The second-order valence-corrected chi connectivity index (χ2v) is 2.95. The van der Waals surface area contributed by atoms with Gasteiger partial charge < -0.3 is 9.47 Å². The number of esters is 1. The van der Waals surface area contributed by atoms with Crippen molar-refractivity contribution in [2.24, 2.45) is 0 Å². The minimum Gasteiger partial charge on any atom is -0.465 e. The SMILES string of the molecule is COC(=O)c1c(OC(F)(F)F)ccc(C#N)c1F. The van der Waals surface area contributed by atoms with Gasteiger partial charge in [-0.15, -0.1) is 13.2 Å². The van der Waals surface area contributed by atoms with E-state index in [1.54, 1.807) is 0 Å². The van der Waals surface area contributed by atoms with Crippen LogP contribution < -0.4 is 4.74 Å². The van der Waals surface area contributed by atoms with Gasteiger partial charge in [-0.25, -0.2) is 9.18 Å². The van der Waals surface area contributed by atoms with Crippen LogP contribution in [0.2, 0.25) is 0 Å². The van der Waals surface area contributed by atoms with Gasteiger partial charge in [0.15, 0.2) is 5.82 Å². The van der Waals surface area contributed by atoms with Crippen molar-refractivity contribution in [3.8, 4) is 11.8 Å². The second-order valence-electron chi connectivity index (χ2n) is 2.95. The lowest BCUT2D eigenvalue weighted by Crippen LogP contribution is -2.20. The molecule has 1 aromatic rings. The summed E-state index contributed by atoms with van der Waals surface area (Å²) in [5.41, 5.74) is -1.67. The van der Waals surface area contributed by atoms with Crippen molar-refractivity contribution in [3.05, 3.63) is 29.1 Å². The van der Waals surface area contributed by atoms with Gasteiger partial charge >= 0.3 is 12.3 Å². The minimum atomic E-state index is -5.09. The highest BCUT2D eigenvalue weighted by atomic mass is 19.4. The van der Waals surface area contributed by atoms with E-state index in [9.17, 15) is 22.4 Å². The molecule has 0 atom stereocenters. The van der Waals surface area contributed by atoms with Gasteiger partial charge in [0.1, 0.15) is 17.4 Å². The fourth-order valence-corrected chi connectivity index (χ4v) is 1.15. The monoisotopic (exact) mass is 263 g/mol. The standard InChI is InChI=1S/C10H5F4NO3/c1-17-9(16)7-6(18-10(12,13)14)3-2-5(4-15)8(7)11/h2-3H,1H3. The molecule has 96 valence electrons. The minimum absolute atomic E-state index is 0.593. The lowest BCUT2D eigenvalue weighted by Gasteiger charge is -2.13. The molecule has 0 aliphatic rings. The fourth-order valence-electron chi connectivity index (χ4n) is 1.15. The van der Waals surface area contributed by atoms with Crippen molar-refractivity contribution < 1.29 is 31.8 Å². The summed E-state index contributed by atoms with van der Waals surface area (Å²) in [6, 6.07) is 2.82. The molecule has 0 spiro atoms. The topological polar surface area (TPSA) is 59.3 Å². The molecule has 0 aliphatic heterocycles. The summed E-state index contributed by atoms with van der Waals surface area (Å²) in [6.45, 7) is 0. The van der Waals surface area contributed by atoms with E-state index >= 15 is 0 Å². The van der Waals surface area contributed by atoms with E-state index in [4.69, 9.17) is 5.26 Å². The maximum absolute atomic E-state index is 13.6. The highest BCUT2D eigenvalue weighted by Gasteiger charge is 2.34. The van der Waals surface area contributed by atoms with Crippen LogP contribution in [0.25, 0.3) is 0 Å². The largest absolute Gasteiger partial charge is 0.573 e. The Hall–Kier alpha value is -2.30. The van der Waals surface area contributed by atoms with E-state index in [-0.39, 0.29) is 0 Å². The van der Waals surface area contributed by atoms with E-state index in [0.29, 0.717) is 6.07 Å². The van der Waals surface area contributed by atoms with Crippen molar-refractivity contribution >= 4 is 5.97 Å². The van der Waals surface area contributed by atoms with Gasteiger partial charge in [-0.05, 0) is 12.1 Å². The van der Waals surface area contributed by atoms with Gasteiger partial charge in [0.2, 0.25) is 0 Å². The van der Waals surface area contributed by atoms with E-state index in [1.165, 1.54) is 6.07 Å². The Labute approximate surface area is 98.3 Å². The van der Waals surface area contributed by atoms with Crippen LogP contribution >= 0.6 is 0 Å². The van der Waals surface area contributed by atoms with Crippen LogP contribution in [-0.4, -0.2) is 19.4 Å². The number of halogens is 4. The summed E-state index contributed by atoms with van der Waals surface area (Å²) in [6.07, 6.45) is -5.09. The zero-order valence-corrected chi connectivity index (χ0v) is 8.84. The van der Waals surface area contributed by atoms with Gasteiger partial charge in [0.25, 0.3) is 0 Å². The molecule has 4 nitrogen and oxygen atoms in total. The van der Waals surface area contributed by atoms with E-state index in [1.807, 2.05) is 0 Å². The number of carbonyl (C=O) groups excluding carboxylic acids is 1. The van der Waals surface area contributed by atoms with Crippen LogP contribution in [0.5, 0.6) is 5.75 Å². The molecule has 0 bridgehead atoms. The highest BCUT2D eigenvalue weighted by Crippen LogP contribution is 2.30. The van der Waals surface area contributed by atoms with E-state index in [2.05, 4.69) is 9.47 Å². The Balaban J connectivity index is 3.40. The molecule has 18 heavy (non-hydrogen) atoms. The Morgan fingerprint density at radius 3 is 2.44 bits per heavy atom. The third-order valence-corrected chi connectivity index (χ3v) is 1.84. The number of nitrogens with zero attached hydrogens (tertiary/aromatic N) is 1. The number of rotatable bonds is 2. The Bertz CT molecular complexity index is 519. The highest BCUT2D eigenvalue weighted by molar-refractivity contribution is 5.93. The summed E-state index contributed by atoms with van der Waals surface area (Å²) < 4.78 is 57.3. The van der Waals surface area contributed by atoms with Gasteiger partial charge in [0, 0.05) is 0 Å². The average Bonchev–Trinajstić information content (AvgIpc) is 2.26. The number of carbonyl (C=O) groups is 1. The number of alkyl halides is 3. The molecule has 0 aromatic heterocycles. The maximum atomic E-state index is 13.6. The molecule has 8 heteroatoms. The van der Waals surface area contributed by atoms with E-state index in [0.717, 1.165) is 13.2 Å². The maximum Gasteiger partial charge on any atom is 0.573 e. The Kier molecular flexibility index (Phi) is 3.76. The molecule has 0 amide bonds. The predicted octanol–water partition coefficient (Wildman–Crippen LogP) is 2.38. The van der Waals surface area contributed by atoms with Crippen molar-refractivity contribution in [1.82, 2.24) is 0 Å². The molecule has 0 N–H and O–H groups in total. The van der Waals surface area contributed by atoms with Crippen LogP contribution in [-0.2, 0) is 4.74 Å². The first-order valence-corrected chi connectivity index (χ1v) is 4.36. The van der Waals surface area contributed by atoms with Crippen LogP contribution in [0, 0.1) is 17.1 Å². The van der Waals surface area contributed by atoms with Crippen molar-refractivity contribution in [3.63, 3.8) is 0 Å². The molecule has 0 fully saturated rings. The second kappa shape index (κ2) is 4.91.